The number of rotatable bonds is 7. The lowest BCUT2D eigenvalue weighted by Gasteiger charge is -2.29. The third-order valence-corrected chi connectivity index (χ3v) is 4.37. The van der Waals surface area contributed by atoms with Crippen molar-refractivity contribution in [3.05, 3.63) is 29.8 Å². The van der Waals surface area contributed by atoms with Crippen molar-refractivity contribution in [1.29, 1.82) is 0 Å². The zero-order chi connectivity index (χ0) is 17.4. The molecule has 1 aromatic carbocycles. The summed E-state index contributed by atoms with van der Waals surface area (Å²) in [7, 11) is 0. The first-order valence-corrected chi connectivity index (χ1v) is 8.52. The van der Waals surface area contributed by atoms with Crippen LogP contribution < -0.4 is 10.6 Å². The molecule has 0 saturated heterocycles. The molecule has 0 radical (unpaired) electrons. The van der Waals surface area contributed by atoms with Gasteiger partial charge in [0.25, 0.3) is 5.91 Å². The van der Waals surface area contributed by atoms with E-state index in [9.17, 15) is 9.59 Å². The third kappa shape index (κ3) is 5.23. The van der Waals surface area contributed by atoms with E-state index in [1.807, 2.05) is 0 Å². The van der Waals surface area contributed by atoms with Crippen LogP contribution in [-0.2, 0) is 9.53 Å². The average molecular weight is 334 g/mol. The van der Waals surface area contributed by atoms with E-state index in [4.69, 9.17) is 9.84 Å². The molecule has 2 atom stereocenters. The van der Waals surface area contributed by atoms with E-state index in [1.54, 1.807) is 24.3 Å². The van der Waals surface area contributed by atoms with Crippen LogP contribution in [0.15, 0.2) is 24.3 Å². The summed E-state index contributed by atoms with van der Waals surface area (Å²) in [5, 5.41) is 14.8. The fourth-order valence-corrected chi connectivity index (χ4v) is 2.99. The number of anilines is 1. The number of aliphatic hydroxyl groups excluding tert-OH is 1. The molecule has 1 amide bonds. The maximum absolute atomic E-state index is 12.2. The molecule has 132 valence electrons. The summed E-state index contributed by atoms with van der Waals surface area (Å²) in [6.07, 6.45) is 4.43. The quantitative estimate of drug-likeness (QED) is 0.663. The predicted octanol–water partition coefficient (Wildman–Crippen LogP) is 1.94. The molecule has 0 spiro atoms. The van der Waals surface area contributed by atoms with Gasteiger partial charge < -0.3 is 20.5 Å². The molecule has 1 saturated carbocycles. The predicted molar refractivity (Wildman–Crippen MR) is 91.9 cm³/mol. The van der Waals surface area contributed by atoms with Gasteiger partial charge in [0.05, 0.1) is 12.2 Å². The number of benzene rings is 1. The van der Waals surface area contributed by atoms with Gasteiger partial charge >= 0.3 is 5.97 Å². The van der Waals surface area contributed by atoms with Gasteiger partial charge in [-0.05, 0) is 30.9 Å². The Morgan fingerprint density at radius 2 is 2.00 bits per heavy atom. The molecule has 0 bridgehead atoms. The fourth-order valence-electron chi connectivity index (χ4n) is 2.99. The van der Waals surface area contributed by atoms with Crippen LogP contribution in [0.3, 0.4) is 0 Å². The summed E-state index contributed by atoms with van der Waals surface area (Å²) >= 11 is 0. The van der Waals surface area contributed by atoms with Gasteiger partial charge in [0.1, 0.15) is 0 Å². The van der Waals surface area contributed by atoms with Gasteiger partial charge in [-0.15, -0.1) is 0 Å². The van der Waals surface area contributed by atoms with Crippen LogP contribution in [0.4, 0.5) is 5.69 Å². The lowest BCUT2D eigenvalue weighted by atomic mass is 9.86. The highest BCUT2D eigenvalue weighted by molar-refractivity contribution is 5.96. The molecular formula is C18H26N2O4. The average Bonchev–Trinajstić information content (AvgIpc) is 2.60. The van der Waals surface area contributed by atoms with Gasteiger partial charge in [-0.25, -0.2) is 4.79 Å². The molecule has 24 heavy (non-hydrogen) atoms. The first-order valence-electron chi connectivity index (χ1n) is 8.52. The summed E-state index contributed by atoms with van der Waals surface area (Å²) in [6, 6.07) is 7.04. The third-order valence-electron chi connectivity index (χ3n) is 4.37. The van der Waals surface area contributed by atoms with Crippen LogP contribution in [0.1, 0.15) is 43.0 Å². The van der Waals surface area contributed by atoms with Gasteiger partial charge in [-0.3, -0.25) is 4.79 Å². The molecule has 2 unspecified atom stereocenters. The lowest BCUT2D eigenvalue weighted by molar-refractivity contribution is -0.125. The Bertz CT molecular complexity index is 562. The number of nitrogens with one attached hydrogen (secondary N) is 2. The topological polar surface area (TPSA) is 87.7 Å². The van der Waals surface area contributed by atoms with E-state index in [1.165, 1.54) is 6.42 Å². The largest absolute Gasteiger partial charge is 0.452 e. The van der Waals surface area contributed by atoms with E-state index >= 15 is 0 Å². The molecule has 0 heterocycles. The number of amides is 1. The summed E-state index contributed by atoms with van der Waals surface area (Å²) in [4.78, 5) is 24.2. The van der Waals surface area contributed by atoms with Gasteiger partial charge in [-0.1, -0.05) is 31.9 Å². The van der Waals surface area contributed by atoms with Crippen molar-refractivity contribution in [2.24, 2.45) is 5.92 Å². The van der Waals surface area contributed by atoms with Crippen LogP contribution in [0.25, 0.3) is 0 Å². The standard InChI is InChI=1S/C18H26N2O4/c1-13-6-2-4-8-15(13)20-17(22)12-24-18(23)14-7-3-5-9-16(14)19-10-11-21/h3,5,7,9,13,15,19,21H,2,4,6,8,10-12H2,1H3,(H,20,22). The molecule has 3 N–H and O–H groups in total. The Labute approximate surface area is 142 Å². The van der Waals surface area contributed by atoms with E-state index in [0.717, 1.165) is 19.3 Å². The molecule has 1 aliphatic rings. The Kier molecular flexibility index (Phi) is 7.06. The monoisotopic (exact) mass is 334 g/mol. The number of para-hydroxylation sites is 1. The normalized spacial score (nSPS) is 20.2. The van der Waals surface area contributed by atoms with E-state index in [0.29, 0.717) is 23.7 Å². The zero-order valence-corrected chi connectivity index (χ0v) is 14.1. The lowest BCUT2D eigenvalue weighted by Crippen LogP contribution is -2.42. The molecule has 6 nitrogen and oxygen atoms in total. The number of hydrogen-bond acceptors (Lipinski definition) is 5. The maximum atomic E-state index is 12.2. The molecule has 1 fully saturated rings. The number of esters is 1. The summed E-state index contributed by atoms with van der Waals surface area (Å²) < 4.78 is 5.13. The molecular weight excluding hydrogens is 308 g/mol. The second-order valence-electron chi connectivity index (χ2n) is 6.21. The van der Waals surface area contributed by atoms with Crippen molar-refractivity contribution in [3.63, 3.8) is 0 Å². The van der Waals surface area contributed by atoms with Crippen LogP contribution in [0.2, 0.25) is 0 Å². The van der Waals surface area contributed by atoms with Crippen molar-refractivity contribution in [3.8, 4) is 0 Å². The molecule has 0 aliphatic heterocycles. The minimum atomic E-state index is -0.553. The molecule has 2 rings (SSSR count). The molecule has 1 aliphatic carbocycles. The number of carbonyl (C=O) groups is 2. The second-order valence-corrected chi connectivity index (χ2v) is 6.21. The fraction of sp³-hybridized carbons (Fsp3) is 0.556. The van der Waals surface area contributed by atoms with Crippen molar-refractivity contribution < 1.29 is 19.4 Å². The van der Waals surface area contributed by atoms with Gasteiger partial charge in [-0.2, -0.15) is 0 Å². The van der Waals surface area contributed by atoms with Crippen molar-refractivity contribution in [2.45, 2.75) is 38.6 Å². The van der Waals surface area contributed by atoms with E-state index < -0.39 is 5.97 Å². The SMILES string of the molecule is CC1CCCCC1NC(=O)COC(=O)c1ccccc1NCCO. The van der Waals surface area contributed by atoms with Gasteiger partial charge in [0.15, 0.2) is 6.61 Å². The highest BCUT2D eigenvalue weighted by Crippen LogP contribution is 2.23. The highest BCUT2D eigenvalue weighted by atomic mass is 16.5. The minimum absolute atomic E-state index is 0.0363. The highest BCUT2D eigenvalue weighted by Gasteiger charge is 2.23. The molecule has 0 aromatic heterocycles. The van der Waals surface area contributed by atoms with Crippen LogP contribution in [-0.4, -0.2) is 42.8 Å². The Morgan fingerprint density at radius 1 is 1.25 bits per heavy atom. The van der Waals surface area contributed by atoms with Crippen LogP contribution in [0, 0.1) is 5.92 Å². The number of carbonyl (C=O) groups excluding carboxylic acids is 2. The summed E-state index contributed by atoms with van der Waals surface area (Å²) in [5.74, 6) is -0.354. The maximum Gasteiger partial charge on any atom is 0.340 e. The van der Waals surface area contributed by atoms with Gasteiger partial charge in [0, 0.05) is 18.3 Å². The smallest absolute Gasteiger partial charge is 0.340 e. The van der Waals surface area contributed by atoms with E-state index in [2.05, 4.69) is 17.6 Å². The summed E-state index contributed by atoms with van der Waals surface area (Å²) in [5.41, 5.74) is 0.933. The van der Waals surface area contributed by atoms with Crippen molar-refractivity contribution in [1.82, 2.24) is 5.32 Å². The molecule has 6 heteroatoms. The zero-order valence-electron chi connectivity index (χ0n) is 14.1. The Hall–Kier alpha value is -2.08. The minimum Gasteiger partial charge on any atom is -0.452 e. The molecule has 1 aromatic rings. The second kappa shape index (κ2) is 9.27. The number of hydrogen-bond donors (Lipinski definition) is 3. The van der Waals surface area contributed by atoms with Crippen molar-refractivity contribution >= 4 is 17.6 Å². The first-order chi connectivity index (χ1) is 11.6. The van der Waals surface area contributed by atoms with Crippen molar-refractivity contribution in [2.75, 3.05) is 25.1 Å². The Morgan fingerprint density at radius 3 is 2.75 bits per heavy atom. The number of ether oxygens (including phenoxy) is 1. The van der Waals surface area contributed by atoms with Crippen LogP contribution >= 0.6 is 0 Å². The summed E-state index contributed by atoms with van der Waals surface area (Å²) in [6.45, 7) is 2.16. The van der Waals surface area contributed by atoms with Crippen LogP contribution in [0.5, 0.6) is 0 Å². The Balaban J connectivity index is 1.85. The first kappa shape index (κ1) is 18.3. The number of aliphatic hydroxyl groups is 1. The van der Waals surface area contributed by atoms with Gasteiger partial charge in [0.2, 0.25) is 0 Å². The van der Waals surface area contributed by atoms with E-state index in [-0.39, 0.29) is 25.2 Å².